The summed E-state index contributed by atoms with van der Waals surface area (Å²) in [5, 5.41) is 9.54. The Labute approximate surface area is 104 Å². The lowest BCUT2D eigenvalue weighted by Gasteiger charge is -2.27. The molecule has 5 heteroatoms. The number of aliphatic hydroxyl groups is 1. The SMILES string of the molecule is OCc1c(N2CCSCC2)nc2ccccn12. The summed E-state index contributed by atoms with van der Waals surface area (Å²) in [5.41, 5.74) is 1.80. The number of hydrogen-bond donors (Lipinski definition) is 1. The van der Waals surface area contributed by atoms with E-state index in [1.165, 1.54) is 0 Å². The maximum Gasteiger partial charge on any atom is 0.153 e. The van der Waals surface area contributed by atoms with Crippen molar-refractivity contribution in [1.82, 2.24) is 9.38 Å². The summed E-state index contributed by atoms with van der Waals surface area (Å²) < 4.78 is 1.97. The molecule has 2 aromatic rings. The molecule has 3 rings (SSSR count). The Kier molecular flexibility index (Phi) is 2.94. The molecule has 0 aromatic carbocycles. The standard InChI is InChI=1S/C12H15N3OS/c16-9-10-12(14-5-7-17-8-6-14)13-11-3-1-2-4-15(10)11/h1-4,16H,5-9H2. The molecule has 1 aliphatic heterocycles. The minimum atomic E-state index is 0.0319. The molecule has 3 heterocycles. The lowest BCUT2D eigenvalue weighted by atomic mass is 10.4. The third kappa shape index (κ3) is 1.89. The Morgan fingerprint density at radius 2 is 2.12 bits per heavy atom. The van der Waals surface area contributed by atoms with Gasteiger partial charge in [0, 0.05) is 30.8 Å². The van der Waals surface area contributed by atoms with Gasteiger partial charge in [0.25, 0.3) is 0 Å². The predicted octanol–water partition coefficient (Wildman–Crippen LogP) is 1.38. The number of aromatic nitrogens is 2. The first-order valence-electron chi connectivity index (χ1n) is 5.79. The number of anilines is 1. The van der Waals surface area contributed by atoms with Gasteiger partial charge in [-0.25, -0.2) is 4.98 Å². The van der Waals surface area contributed by atoms with Gasteiger partial charge in [-0.05, 0) is 12.1 Å². The average molecular weight is 249 g/mol. The van der Waals surface area contributed by atoms with Crippen LogP contribution in [0.5, 0.6) is 0 Å². The molecule has 0 saturated carbocycles. The first-order valence-corrected chi connectivity index (χ1v) is 6.95. The van der Waals surface area contributed by atoms with E-state index in [1.807, 2.05) is 40.6 Å². The van der Waals surface area contributed by atoms with Gasteiger partial charge in [-0.15, -0.1) is 0 Å². The number of aliphatic hydroxyl groups excluding tert-OH is 1. The largest absolute Gasteiger partial charge is 0.390 e. The van der Waals surface area contributed by atoms with Crippen molar-refractivity contribution in [3.8, 4) is 0 Å². The number of nitrogens with zero attached hydrogens (tertiary/aromatic N) is 3. The van der Waals surface area contributed by atoms with Crippen molar-refractivity contribution in [1.29, 1.82) is 0 Å². The maximum absolute atomic E-state index is 9.54. The lowest BCUT2D eigenvalue weighted by Crippen LogP contribution is -2.33. The molecule has 0 unspecified atom stereocenters. The normalized spacial score (nSPS) is 16.6. The van der Waals surface area contributed by atoms with E-state index < -0.39 is 0 Å². The van der Waals surface area contributed by atoms with Crippen molar-refractivity contribution < 1.29 is 5.11 Å². The van der Waals surface area contributed by atoms with Gasteiger partial charge < -0.3 is 10.0 Å². The van der Waals surface area contributed by atoms with Gasteiger partial charge in [-0.3, -0.25) is 4.40 Å². The van der Waals surface area contributed by atoms with Crippen molar-refractivity contribution in [2.75, 3.05) is 29.5 Å². The third-order valence-corrected chi connectivity index (χ3v) is 4.01. The first-order chi connectivity index (χ1) is 8.40. The smallest absolute Gasteiger partial charge is 0.153 e. The fourth-order valence-corrected chi connectivity index (χ4v) is 3.11. The number of rotatable bonds is 2. The molecule has 0 atom stereocenters. The zero-order valence-electron chi connectivity index (χ0n) is 9.54. The third-order valence-electron chi connectivity index (χ3n) is 3.07. The van der Waals surface area contributed by atoms with Crippen LogP contribution in [-0.2, 0) is 6.61 Å². The van der Waals surface area contributed by atoms with Crippen LogP contribution in [0.15, 0.2) is 24.4 Å². The second-order valence-electron chi connectivity index (χ2n) is 4.07. The van der Waals surface area contributed by atoms with Gasteiger partial charge in [-0.2, -0.15) is 11.8 Å². The van der Waals surface area contributed by atoms with Crippen LogP contribution >= 0.6 is 11.8 Å². The van der Waals surface area contributed by atoms with Gasteiger partial charge in [0.05, 0.1) is 12.3 Å². The van der Waals surface area contributed by atoms with E-state index in [1.54, 1.807) is 0 Å². The summed E-state index contributed by atoms with van der Waals surface area (Å²) in [6.07, 6.45) is 1.95. The van der Waals surface area contributed by atoms with Gasteiger partial charge in [0.2, 0.25) is 0 Å². The molecule has 1 saturated heterocycles. The van der Waals surface area contributed by atoms with E-state index in [2.05, 4.69) is 9.88 Å². The summed E-state index contributed by atoms with van der Waals surface area (Å²) in [4.78, 5) is 6.90. The minimum Gasteiger partial charge on any atom is -0.390 e. The van der Waals surface area contributed by atoms with Crippen LogP contribution in [-0.4, -0.2) is 39.1 Å². The monoisotopic (exact) mass is 249 g/mol. The molecule has 0 aliphatic carbocycles. The fourth-order valence-electron chi connectivity index (χ4n) is 2.21. The van der Waals surface area contributed by atoms with E-state index in [-0.39, 0.29) is 6.61 Å². The Hall–Kier alpha value is -1.20. The average Bonchev–Trinajstić information content (AvgIpc) is 2.78. The van der Waals surface area contributed by atoms with Gasteiger partial charge in [0.1, 0.15) is 5.65 Å². The van der Waals surface area contributed by atoms with Gasteiger partial charge >= 0.3 is 0 Å². The molecular weight excluding hydrogens is 234 g/mol. The molecular formula is C12H15N3OS. The molecule has 4 nitrogen and oxygen atoms in total. The van der Waals surface area contributed by atoms with Crippen molar-refractivity contribution in [3.63, 3.8) is 0 Å². The number of hydrogen-bond acceptors (Lipinski definition) is 4. The van der Waals surface area contributed by atoms with Crippen LogP contribution in [0.25, 0.3) is 5.65 Å². The highest BCUT2D eigenvalue weighted by atomic mass is 32.2. The molecule has 17 heavy (non-hydrogen) atoms. The lowest BCUT2D eigenvalue weighted by molar-refractivity contribution is 0.276. The molecule has 1 N–H and O–H groups in total. The van der Waals surface area contributed by atoms with Crippen molar-refractivity contribution in [2.45, 2.75) is 6.61 Å². The highest BCUT2D eigenvalue weighted by Gasteiger charge is 2.19. The Balaban J connectivity index is 2.08. The Morgan fingerprint density at radius 3 is 2.88 bits per heavy atom. The number of thioether (sulfide) groups is 1. The number of pyridine rings is 1. The summed E-state index contributed by atoms with van der Waals surface area (Å²) in [5.74, 6) is 3.22. The Morgan fingerprint density at radius 1 is 1.29 bits per heavy atom. The van der Waals surface area contributed by atoms with E-state index in [4.69, 9.17) is 0 Å². The molecule has 1 aliphatic rings. The van der Waals surface area contributed by atoms with E-state index >= 15 is 0 Å². The van der Waals surface area contributed by atoms with Crippen LogP contribution in [0.1, 0.15) is 5.69 Å². The van der Waals surface area contributed by atoms with Crippen LogP contribution in [0.4, 0.5) is 5.82 Å². The number of fused-ring (bicyclic) bond motifs is 1. The summed E-state index contributed by atoms with van der Waals surface area (Å²) in [6.45, 7) is 2.06. The molecule has 0 radical (unpaired) electrons. The number of imidazole rings is 1. The molecule has 0 spiro atoms. The molecule has 1 fully saturated rings. The van der Waals surface area contributed by atoms with Crippen LogP contribution in [0, 0.1) is 0 Å². The van der Waals surface area contributed by atoms with Crippen LogP contribution < -0.4 is 4.90 Å². The molecule has 0 amide bonds. The Bertz CT molecular complexity index is 519. The second kappa shape index (κ2) is 4.58. The predicted molar refractivity (Wildman–Crippen MR) is 70.7 cm³/mol. The van der Waals surface area contributed by atoms with Crippen LogP contribution in [0.3, 0.4) is 0 Å². The topological polar surface area (TPSA) is 40.8 Å². The van der Waals surface area contributed by atoms with Crippen molar-refractivity contribution in [2.24, 2.45) is 0 Å². The quantitative estimate of drug-likeness (QED) is 0.873. The van der Waals surface area contributed by atoms with E-state index in [9.17, 15) is 5.11 Å². The van der Waals surface area contributed by atoms with Crippen molar-refractivity contribution in [3.05, 3.63) is 30.1 Å². The van der Waals surface area contributed by atoms with Crippen molar-refractivity contribution >= 4 is 23.2 Å². The molecule has 0 bridgehead atoms. The molecule has 90 valence electrons. The van der Waals surface area contributed by atoms with Gasteiger partial charge in [0.15, 0.2) is 5.82 Å². The highest BCUT2D eigenvalue weighted by Crippen LogP contribution is 2.24. The zero-order valence-corrected chi connectivity index (χ0v) is 10.4. The fraction of sp³-hybridized carbons (Fsp3) is 0.417. The summed E-state index contributed by atoms with van der Waals surface area (Å²) in [6, 6.07) is 5.91. The minimum absolute atomic E-state index is 0.0319. The zero-order chi connectivity index (χ0) is 11.7. The van der Waals surface area contributed by atoms with Crippen LogP contribution in [0.2, 0.25) is 0 Å². The second-order valence-corrected chi connectivity index (χ2v) is 5.29. The summed E-state index contributed by atoms with van der Waals surface area (Å²) >= 11 is 1.97. The first kappa shape index (κ1) is 10.9. The summed E-state index contributed by atoms with van der Waals surface area (Å²) in [7, 11) is 0. The maximum atomic E-state index is 9.54. The van der Waals surface area contributed by atoms with Gasteiger partial charge in [-0.1, -0.05) is 6.07 Å². The van der Waals surface area contributed by atoms with E-state index in [0.29, 0.717) is 0 Å². The molecule has 2 aromatic heterocycles. The van der Waals surface area contributed by atoms with E-state index in [0.717, 1.165) is 41.8 Å². The highest BCUT2D eigenvalue weighted by molar-refractivity contribution is 7.99.